The van der Waals surface area contributed by atoms with E-state index in [0.717, 1.165) is 42.0 Å². The summed E-state index contributed by atoms with van der Waals surface area (Å²) in [7, 11) is 0. The SMILES string of the molecule is N#C/N=C(\Nc1ccc(-c2ccccc2)cc1)N[C@H](CCC(=O)NCCN1CCCC1)Cc1ccccc1. The van der Waals surface area contributed by atoms with Crippen LogP contribution in [0, 0.1) is 11.5 Å². The average Bonchev–Trinajstić information content (AvgIpc) is 3.47. The number of rotatable bonds is 11. The maximum atomic E-state index is 12.6. The lowest BCUT2D eigenvalue weighted by atomic mass is 10.0. The number of benzene rings is 3. The fourth-order valence-corrected chi connectivity index (χ4v) is 4.73. The number of anilines is 1. The molecule has 0 saturated carbocycles. The van der Waals surface area contributed by atoms with Crippen LogP contribution >= 0.6 is 0 Å². The second kappa shape index (κ2) is 14.6. The molecule has 0 unspecified atom stereocenters. The highest BCUT2D eigenvalue weighted by Crippen LogP contribution is 2.21. The Balaban J connectivity index is 1.36. The molecule has 1 fully saturated rings. The van der Waals surface area contributed by atoms with Crippen LogP contribution < -0.4 is 16.0 Å². The third-order valence-corrected chi connectivity index (χ3v) is 6.75. The van der Waals surface area contributed by atoms with Gasteiger partial charge < -0.3 is 20.9 Å². The lowest BCUT2D eigenvalue weighted by Gasteiger charge is -2.22. The summed E-state index contributed by atoms with van der Waals surface area (Å²) in [5, 5.41) is 19.0. The van der Waals surface area contributed by atoms with Crippen LogP contribution in [-0.2, 0) is 11.2 Å². The summed E-state index contributed by atoms with van der Waals surface area (Å²) in [6, 6.07) is 28.3. The summed E-state index contributed by atoms with van der Waals surface area (Å²) in [6.07, 6.45) is 6.11. The molecule has 0 spiro atoms. The van der Waals surface area contributed by atoms with Gasteiger partial charge in [-0.2, -0.15) is 5.26 Å². The second-order valence-electron chi connectivity index (χ2n) is 9.60. The molecular weight excluding hydrogens is 472 g/mol. The van der Waals surface area contributed by atoms with Gasteiger partial charge in [-0.15, -0.1) is 4.99 Å². The maximum absolute atomic E-state index is 12.6. The minimum absolute atomic E-state index is 0.0484. The van der Waals surface area contributed by atoms with Gasteiger partial charge in [-0.1, -0.05) is 72.8 Å². The van der Waals surface area contributed by atoms with Crippen molar-refractivity contribution >= 4 is 17.6 Å². The Morgan fingerprint density at radius 3 is 2.26 bits per heavy atom. The Hall–Kier alpha value is -4.15. The third kappa shape index (κ3) is 8.75. The maximum Gasteiger partial charge on any atom is 0.220 e. The number of aliphatic imine (C=N–C) groups is 1. The first-order valence-corrected chi connectivity index (χ1v) is 13.4. The van der Waals surface area contributed by atoms with Gasteiger partial charge in [0.25, 0.3) is 0 Å². The predicted molar refractivity (Wildman–Crippen MR) is 154 cm³/mol. The predicted octanol–water partition coefficient (Wildman–Crippen LogP) is 4.80. The highest BCUT2D eigenvalue weighted by atomic mass is 16.1. The number of nitrogens with one attached hydrogen (secondary N) is 3. The molecule has 1 aliphatic rings. The van der Waals surface area contributed by atoms with E-state index >= 15 is 0 Å². The van der Waals surface area contributed by atoms with Gasteiger partial charge in [0.05, 0.1) is 0 Å². The number of amides is 1. The average molecular weight is 509 g/mol. The molecule has 38 heavy (non-hydrogen) atoms. The first-order chi connectivity index (χ1) is 18.7. The van der Waals surface area contributed by atoms with Crippen LogP contribution in [0.15, 0.2) is 89.9 Å². The van der Waals surface area contributed by atoms with Crippen LogP contribution in [-0.4, -0.2) is 49.0 Å². The molecule has 196 valence electrons. The largest absolute Gasteiger partial charge is 0.355 e. The minimum Gasteiger partial charge on any atom is -0.355 e. The number of nitriles is 1. The second-order valence-corrected chi connectivity index (χ2v) is 9.60. The fraction of sp³-hybridized carbons (Fsp3) is 0.323. The van der Waals surface area contributed by atoms with E-state index in [1.807, 2.05) is 66.9 Å². The van der Waals surface area contributed by atoms with Crippen molar-refractivity contribution in [2.24, 2.45) is 4.99 Å². The Kier molecular flexibility index (Phi) is 10.3. The Morgan fingerprint density at radius 2 is 1.58 bits per heavy atom. The van der Waals surface area contributed by atoms with Gasteiger partial charge in [0.1, 0.15) is 0 Å². The van der Waals surface area contributed by atoms with Crippen LogP contribution in [0.4, 0.5) is 5.69 Å². The van der Waals surface area contributed by atoms with E-state index in [4.69, 9.17) is 0 Å². The van der Waals surface area contributed by atoms with E-state index < -0.39 is 0 Å². The van der Waals surface area contributed by atoms with Gasteiger partial charge >= 0.3 is 0 Å². The van der Waals surface area contributed by atoms with Crippen molar-refractivity contribution in [2.75, 3.05) is 31.5 Å². The summed E-state index contributed by atoms with van der Waals surface area (Å²) < 4.78 is 0. The molecule has 0 aliphatic carbocycles. The van der Waals surface area contributed by atoms with E-state index in [-0.39, 0.29) is 11.9 Å². The molecule has 4 rings (SSSR count). The first-order valence-electron chi connectivity index (χ1n) is 13.4. The minimum atomic E-state index is -0.0788. The zero-order chi connectivity index (χ0) is 26.4. The van der Waals surface area contributed by atoms with Crippen LogP contribution in [0.1, 0.15) is 31.2 Å². The highest BCUT2D eigenvalue weighted by Gasteiger charge is 2.16. The van der Waals surface area contributed by atoms with Gasteiger partial charge in [0, 0.05) is 31.2 Å². The molecule has 7 nitrogen and oxygen atoms in total. The van der Waals surface area contributed by atoms with E-state index in [1.165, 1.54) is 12.8 Å². The van der Waals surface area contributed by atoms with Crippen LogP contribution in [0.2, 0.25) is 0 Å². The summed E-state index contributed by atoms with van der Waals surface area (Å²) >= 11 is 0. The zero-order valence-corrected chi connectivity index (χ0v) is 21.8. The molecule has 0 bridgehead atoms. The topological polar surface area (TPSA) is 92.5 Å². The van der Waals surface area contributed by atoms with Gasteiger partial charge in [-0.05, 0) is 67.6 Å². The van der Waals surface area contributed by atoms with Crippen LogP contribution in [0.5, 0.6) is 0 Å². The molecule has 0 aromatic heterocycles. The Labute approximate surface area is 225 Å². The van der Waals surface area contributed by atoms with Crippen molar-refractivity contribution in [1.82, 2.24) is 15.5 Å². The summed E-state index contributed by atoms with van der Waals surface area (Å²) in [5.41, 5.74) is 4.23. The van der Waals surface area contributed by atoms with Crippen molar-refractivity contribution in [3.8, 4) is 17.3 Å². The number of carbonyl (C=O) groups excluding carboxylic acids is 1. The van der Waals surface area contributed by atoms with E-state index in [1.54, 1.807) is 0 Å². The standard InChI is InChI=1S/C31H36N6O/c32-24-34-31(35-28-15-13-27(14-16-28)26-11-5-2-6-12-26)36-29(23-25-9-3-1-4-10-25)17-18-30(38)33-19-22-37-20-7-8-21-37/h1-6,9-16,29H,7-8,17-23H2,(H,33,38)(H2,34,35,36)/t29-/m1/s1. The van der Waals surface area contributed by atoms with Crippen LogP contribution in [0.3, 0.4) is 0 Å². The van der Waals surface area contributed by atoms with E-state index in [9.17, 15) is 10.1 Å². The van der Waals surface area contributed by atoms with E-state index in [0.29, 0.717) is 31.8 Å². The smallest absolute Gasteiger partial charge is 0.220 e. The zero-order valence-electron chi connectivity index (χ0n) is 21.8. The normalized spacial score (nSPS) is 14.4. The van der Waals surface area contributed by atoms with Crippen molar-refractivity contribution in [1.29, 1.82) is 5.26 Å². The van der Waals surface area contributed by atoms with Crippen molar-refractivity contribution < 1.29 is 4.79 Å². The first kappa shape index (κ1) is 26.9. The van der Waals surface area contributed by atoms with Gasteiger partial charge in [-0.25, -0.2) is 0 Å². The molecule has 0 radical (unpaired) electrons. The molecule has 1 heterocycles. The third-order valence-electron chi connectivity index (χ3n) is 6.75. The van der Waals surface area contributed by atoms with E-state index in [2.05, 4.69) is 50.1 Å². The quantitative estimate of drug-likeness (QED) is 0.197. The summed E-state index contributed by atoms with van der Waals surface area (Å²) in [5.74, 6) is 0.419. The highest BCUT2D eigenvalue weighted by molar-refractivity contribution is 5.94. The number of hydrogen-bond donors (Lipinski definition) is 3. The van der Waals surface area contributed by atoms with Gasteiger partial charge in [0.2, 0.25) is 18.1 Å². The lowest BCUT2D eigenvalue weighted by molar-refractivity contribution is -0.121. The van der Waals surface area contributed by atoms with Crippen LogP contribution in [0.25, 0.3) is 11.1 Å². The number of guanidine groups is 1. The number of nitrogens with zero attached hydrogens (tertiary/aromatic N) is 3. The van der Waals surface area contributed by atoms with Crippen molar-refractivity contribution in [3.63, 3.8) is 0 Å². The molecular formula is C31H36N6O. The molecule has 1 amide bonds. The summed E-state index contributed by atoms with van der Waals surface area (Å²) in [4.78, 5) is 19.0. The van der Waals surface area contributed by atoms with Gasteiger partial charge in [0.15, 0.2) is 0 Å². The van der Waals surface area contributed by atoms with Crippen molar-refractivity contribution in [3.05, 3.63) is 90.5 Å². The molecule has 1 saturated heterocycles. The summed E-state index contributed by atoms with van der Waals surface area (Å²) in [6.45, 7) is 3.84. The molecule has 1 atom stereocenters. The molecule has 7 heteroatoms. The fourth-order valence-electron chi connectivity index (χ4n) is 4.73. The number of likely N-dealkylation sites (tertiary alicyclic amines) is 1. The Morgan fingerprint density at radius 1 is 0.921 bits per heavy atom. The van der Waals surface area contributed by atoms with Gasteiger partial charge in [-0.3, -0.25) is 4.79 Å². The molecule has 1 aliphatic heterocycles. The Bertz CT molecular complexity index is 1200. The van der Waals surface area contributed by atoms with Crippen molar-refractivity contribution in [2.45, 2.75) is 38.1 Å². The lowest BCUT2D eigenvalue weighted by Crippen LogP contribution is -2.41. The molecule has 3 aromatic carbocycles. The number of hydrogen-bond acceptors (Lipinski definition) is 4. The number of carbonyl (C=O) groups is 1. The monoisotopic (exact) mass is 508 g/mol. The molecule has 3 aromatic rings. The molecule has 3 N–H and O–H groups in total.